The monoisotopic (exact) mass is 286 g/mol. The molecule has 0 radical (unpaired) electrons. The van der Waals surface area contributed by atoms with Gasteiger partial charge in [0.05, 0.1) is 25.9 Å². The predicted molar refractivity (Wildman–Crippen MR) is 74.9 cm³/mol. The van der Waals surface area contributed by atoms with E-state index in [9.17, 15) is 9.50 Å². The Hall–Kier alpha value is -1.33. The van der Waals surface area contributed by atoms with Gasteiger partial charge in [0, 0.05) is 6.07 Å². The van der Waals surface area contributed by atoms with Crippen molar-refractivity contribution in [3.05, 3.63) is 23.5 Å². The lowest BCUT2D eigenvalue weighted by Gasteiger charge is -2.19. The van der Waals surface area contributed by atoms with Crippen LogP contribution in [0.1, 0.15) is 38.7 Å². The second-order valence-corrected chi connectivity index (χ2v) is 4.66. The molecule has 2 unspecified atom stereocenters. The minimum atomic E-state index is -0.855. The Morgan fingerprint density at radius 3 is 2.20 bits per heavy atom. The van der Waals surface area contributed by atoms with Crippen LogP contribution in [0.3, 0.4) is 0 Å². The van der Waals surface area contributed by atoms with Gasteiger partial charge in [0.1, 0.15) is 5.82 Å². The molecule has 0 heterocycles. The highest BCUT2D eigenvalue weighted by molar-refractivity contribution is 5.45. The fourth-order valence-electron chi connectivity index (χ4n) is 2.07. The third-order valence-corrected chi connectivity index (χ3v) is 3.03. The summed E-state index contributed by atoms with van der Waals surface area (Å²) in [5.41, 5.74) is 0.449. The molecule has 0 aliphatic heterocycles. The van der Waals surface area contributed by atoms with Gasteiger partial charge in [0.15, 0.2) is 11.5 Å². The molecule has 1 aromatic carbocycles. The van der Waals surface area contributed by atoms with Gasteiger partial charge in [0.2, 0.25) is 0 Å². The molecule has 0 fully saturated rings. The van der Waals surface area contributed by atoms with Gasteiger partial charge in [-0.05, 0) is 37.8 Å². The largest absolute Gasteiger partial charge is 0.490 e. The van der Waals surface area contributed by atoms with E-state index in [1.807, 2.05) is 13.8 Å². The Bertz CT molecular complexity index is 423. The Kier molecular flexibility index (Phi) is 6.75. The molecule has 4 nitrogen and oxygen atoms in total. The van der Waals surface area contributed by atoms with Crippen LogP contribution in [0, 0.1) is 5.82 Å². The number of aliphatic hydroxyl groups excluding tert-OH is 2. The summed E-state index contributed by atoms with van der Waals surface area (Å²) in [6.45, 7) is 6.02. The second kappa shape index (κ2) is 8.07. The predicted octanol–water partition coefficient (Wildman–Crippen LogP) is 2.47. The van der Waals surface area contributed by atoms with E-state index < -0.39 is 11.9 Å². The minimum Gasteiger partial charge on any atom is -0.490 e. The van der Waals surface area contributed by atoms with E-state index in [1.165, 1.54) is 6.07 Å². The van der Waals surface area contributed by atoms with E-state index in [0.29, 0.717) is 30.3 Å². The molecule has 0 bridgehead atoms. The van der Waals surface area contributed by atoms with Gasteiger partial charge in [0.25, 0.3) is 0 Å². The standard InChI is InChI=1S/C15H23FO4/c1-4-19-14-7-12(10(3)6-11(18)9-17)13(16)8-15(14)20-5-2/h7-8,10-11,17-18H,4-6,9H2,1-3H3. The topological polar surface area (TPSA) is 58.9 Å². The highest BCUT2D eigenvalue weighted by atomic mass is 19.1. The lowest BCUT2D eigenvalue weighted by Crippen LogP contribution is -2.15. The van der Waals surface area contributed by atoms with Crippen molar-refractivity contribution in [2.75, 3.05) is 19.8 Å². The molecule has 0 aliphatic rings. The first kappa shape index (κ1) is 16.7. The van der Waals surface area contributed by atoms with Gasteiger partial charge >= 0.3 is 0 Å². The molecule has 1 rings (SSSR count). The fourth-order valence-corrected chi connectivity index (χ4v) is 2.07. The van der Waals surface area contributed by atoms with E-state index in [2.05, 4.69) is 0 Å². The number of aliphatic hydroxyl groups is 2. The maximum atomic E-state index is 14.1. The zero-order valence-corrected chi connectivity index (χ0v) is 12.2. The highest BCUT2D eigenvalue weighted by Gasteiger charge is 2.19. The number of ether oxygens (including phenoxy) is 2. The Balaban J connectivity index is 3.04. The van der Waals surface area contributed by atoms with Crippen molar-refractivity contribution in [3.63, 3.8) is 0 Å². The van der Waals surface area contributed by atoms with Crippen molar-refractivity contribution in [2.45, 2.75) is 39.2 Å². The van der Waals surface area contributed by atoms with Crippen molar-refractivity contribution in [1.82, 2.24) is 0 Å². The SMILES string of the molecule is CCOc1cc(F)c(C(C)CC(O)CO)cc1OCC. The third-order valence-electron chi connectivity index (χ3n) is 3.03. The summed E-state index contributed by atoms with van der Waals surface area (Å²) >= 11 is 0. The van der Waals surface area contributed by atoms with Crippen LogP contribution in [0.5, 0.6) is 11.5 Å². The van der Waals surface area contributed by atoms with E-state index in [4.69, 9.17) is 14.6 Å². The molecule has 1 aromatic rings. The second-order valence-electron chi connectivity index (χ2n) is 4.66. The minimum absolute atomic E-state index is 0.230. The number of halogens is 1. The number of benzene rings is 1. The van der Waals surface area contributed by atoms with Crippen LogP contribution >= 0.6 is 0 Å². The maximum Gasteiger partial charge on any atom is 0.164 e. The molecule has 0 aromatic heterocycles. The van der Waals surface area contributed by atoms with Crippen LogP contribution in [-0.4, -0.2) is 36.1 Å². The molecule has 0 amide bonds. The van der Waals surface area contributed by atoms with Gasteiger partial charge in [-0.2, -0.15) is 0 Å². The Labute approximate surface area is 119 Å². The average molecular weight is 286 g/mol. The first-order chi connectivity index (χ1) is 9.53. The van der Waals surface area contributed by atoms with E-state index in [-0.39, 0.29) is 18.9 Å². The Morgan fingerprint density at radius 1 is 1.15 bits per heavy atom. The fraction of sp³-hybridized carbons (Fsp3) is 0.600. The third kappa shape index (κ3) is 4.35. The average Bonchev–Trinajstić information content (AvgIpc) is 2.41. The summed E-state index contributed by atoms with van der Waals surface area (Å²) in [6.07, 6.45) is -0.570. The summed E-state index contributed by atoms with van der Waals surface area (Å²) in [6, 6.07) is 2.92. The molecule has 2 atom stereocenters. The lowest BCUT2D eigenvalue weighted by molar-refractivity contribution is 0.0832. The van der Waals surface area contributed by atoms with Gasteiger partial charge in [-0.15, -0.1) is 0 Å². The van der Waals surface area contributed by atoms with E-state index in [0.717, 1.165) is 0 Å². The van der Waals surface area contributed by atoms with Crippen LogP contribution in [0.4, 0.5) is 4.39 Å². The molecular formula is C15H23FO4. The van der Waals surface area contributed by atoms with Crippen molar-refractivity contribution >= 4 is 0 Å². The van der Waals surface area contributed by atoms with Gasteiger partial charge in [-0.25, -0.2) is 4.39 Å². The number of hydrogen-bond donors (Lipinski definition) is 2. The van der Waals surface area contributed by atoms with Crippen molar-refractivity contribution < 1.29 is 24.1 Å². The molecule has 0 spiro atoms. The van der Waals surface area contributed by atoms with Crippen LogP contribution in [-0.2, 0) is 0 Å². The molecule has 2 N–H and O–H groups in total. The first-order valence-electron chi connectivity index (χ1n) is 6.91. The van der Waals surface area contributed by atoms with Crippen LogP contribution in [0.2, 0.25) is 0 Å². The summed E-state index contributed by atoms with van der Waals surface area (Å²) in [5, 5.41) is 18.3. The normalized spacial score (nSPS) is 13.9. The zero-order chi connectivity index (χ0) is 15.1. The molecule has 114 valence electrons. The van der Waals surface area contributed by atoms with E-state index >= 15 is 0 Å². The molecule has 0 saturated heterocycles. The van der Waals surface area contributed by atoms with E-state index in [1.54, 1.807) is 13.0 Å². The number of hydrogen-bond acceptors (Lipinski definition) is 4. The molecule has 20 heavy (non-hydrogen) atoms. The van der Waals surface area contributed by atoms with Crippen LogP contribution in [0.25, 0.3) is 0 Å². The smallest absolute Gasteiger partial charge is 0.164 e. The first-order valence-corrected chi connectivity index (χ1v) is 6.91. The summed E-state index contributed by atoms with van der Waals surface area (Å²) in [5.74, 6) is 0.253. The summed E-state index contributed by atoms with van der Waals surface area (Å²) in [4.78, 5) is 0. The van der Waals surface area contributed by atoms with Gasteiger partial charge < -0.3 is 19.7 Å². The van der Waals surface area contributed by atoms with Crippen molar-refractivity contribution in [2.24, 2.45) is 0 Å². The quantitative estimate of drug-likeness (QED) is 0.771. The van der Waals surface area contributed by atoms with Gasteiger partial charge in [-0.1, -0.05) is 6.92 Å². The molecule has 0 saturated carbocycles. The van der Waals surface area contributed by atoms with Gasteiger partial charge in [-0.3, -0.25) is 0 Å². The molecule has 5 heteroatoms. The maximum absolute atomic E-state index is 14.1. The summed E-state index contributed by atoms with van der Waals surface area (Å²) in [7, 11) is 0. The molecular weight excluding hydrogens is 263 g/mol. The Morgan fingerprint density at radius 2 is 1.70 bits per heavy atom. The summed E-state index contributed by atoms with van der Waals surface area (Å²) < 4.78 is 24.9. The lowest BCUT2D eigenvalue weighted by atomic mass is 9.94. The van der Waals surface area contributed by atoms with Crippen LogP contribution < -0.4 is 9.47 Å². The van der Waals surface area contributed by atoms with Crippen molar-refractivity contribution in [3.8, 4) is 11.5 Å². The van der Waals surface area contributed by atoms with Crippen LogP contribution in [0.15, 0.2) is 12.1 Å². The van der Waals surface area contributed by atoms with Crippen molar-refractivity contribution in [1.29, 1.82) is 0 Å². The molecule has 0 aliphatic carbocycles. The zero-order valence-electron chi connectivity index (χ0n) is 12.2. The highest BCUT2D eigenvalue weighted by Crippen LogP contribution is 2.34. The number of rotatable bonds is 8.